The minimum absolute atomic E-state index is 0.103. The molecule has 0 saturated carbocycles. The first-order chi connectivity index (χ1) is 13.5. The molecule has 3 rings (SSSR count). The number of carbonyl (C=O) groups excluding carboxylic acids is 2. The van der Waals surface area contributed by atoms with Crippen molar-refractivity contribution < 1.29 is 9.59 Å². The van der Waals surface area contributed by atoms with Gasteiger partial charge in [0.15, 0.2) is 0 Å². The number of rotatable bonds is 6. The fourth-order valence-electron chi connectivity index (χ4n) is 3.37. The molecule has 148 valence electrons. The Kier molecular flexibility index (Phi) is 7.23. The zero-order valence-corrected chi connectivity index (χ0v) is 17.7. The number of piperazine rings is 1. The molecule has 0 spiro atoms. The van der Waals surface area contributed by atoms with Crippen molar-refractivity contribution >= 4 is 27.7 Å². The van der Waals surface area contributed by atoms with Crippen molar-refractivity contribution in [1.82, 2.24) is 15.1 Å². The third-order valence-corrected chi connectivity index (χ3v) is 5.47. The Bertz CT molecular complexity index is 815. The monoisotopic (exact) mass is 443 g/mol. The molecule has 1 saturated heterocycles. The summed E-state index contributed by atoms with van der Waals surface area (Å²) >= 11 is 3.35. The molecular formula is C22H26BrN3O2. The predicted octanol–water partition coefficient (Wildman–Crippen LogP) is 3.22. The first-order valence-electron chi connectivity index (χ1n) is 9.61. The molecule has 0 unspecified atom stereocenters. The van der Waals surface area contributed by atoms with E-state index >= 15 is 0 Å². The van der Waals surface area contributed by atoms with Crippen LogP contribution in [0.1, 0.15) is 27.9 Å². The van der Waals surface area contributed by atoms with Gasteiger partial charge in [0.2, 0.25) is 5.91 Å². The summed E-state index contributed by atoms with van der Waals surface area (Å²) in [6, 6.07) is 15.7. The van der Waals surface area contributed by atoms with Gasteiger partial charge in [-0.2, -0.15) is 0 Å². The van der Waals surface area contributed by atoms with Gasteiger partial charge in [-0.05, 0) is 36.8 Å². The van der Waals surface area contributed by atoms with E-state index in [2.05, 4.69) is 57.3 Å². The van der Waals surface area contributed by atoms with Crippen molar-refractivity contribution in [2.45, 2.75) is 19.9 Å². The van der Waals surface area contributed by atoms with Gasteiger partial charge in [-0.25, -0.2) is 0 Å². The van der Waals surface area contributed by atoms with Gasteiger partial charge in [0.1, 0.15) is 0 Å². The van der Waals surface area contributed by atoms with Crippen LogP contribution in [0.15, 0.2) is 53.0 Å². The minimum Gasteiger partial charge on any atom is -0.352 e. The van der Waals surface area contributed by atoms with Crippen LogP contribution < -0.4 is 5.32 Å². The second kappa shape index (κ2) is 9.85. The van der Waals surface area contributed by atoms with Crippen LogP contribution >= 0.6 is 15.9 Å². The highest BCUT2D eigenvalue weighted by atomic mass is 79.9. The average molecular weight is 444 g/mol. The third-order valence-electron chi connectivity index (χ3n) is 4.94. The Morgan fingerprint density at radius 1 is 1.04 bits per heavy atom. The Hall–Kier alpha value is -2.18. The van der Waals surface area contributed by atoms with E-state index in [4.69, 9.17) is 0 Å². The predicted molar refractivity (Wildman–Crippen MR) is 114 cm³/mol. The Labute approximate surface area is 174 Å². The lowest BCUT2D eigenvalue weighted by molar-refractivity contribution is -0.132. The second-order valence-electron chi connectivity index (χ2n) is 7.16. The van der Waals surface area contributed by atoms with Crippen molar-refractivity contribution in [3.63, 3.8) is 0 Å². The number of carbonyl (C=O) groups is 2. The van der Waals surface area contributed by atoms with Gasteiger partial charge in [-0.1, -0.05) is 45.8 Å². The number of amides is 2. The SMILES string of the molecule is Cc1cccc(CN2CCN(C(=O)CCNC(=O)c3ccc(Br)cc3)CC2)c1. The number of nitrogens with one attached hydrogen (secondary N) is 1. The van der Waals surface area contributed by atoms with E-state index < -0.39 is 0 Å². The maximum atomic E-state index is 12.4. The summed E-state index contributed by atoms with van der Waals surface area (Å²) in [4.78, 5) is 28.8. The summed E-state index contributed by atoms with van der Waals surface area (Å²) in [5.74, 6) is -0.0467. The molecule has 1 aliphatic heterocycles. The molecule has 1 fully saturated rings. The van der Waals surface area contributed by atoms with E-state index in [0.29, 0.717) is 18.5 Å². The molecule has 2 aromatic rings. The van der Waals surface area contributed by atoms with Gasteiger partial charge >= 0.3 is 0 Å². The van der Waals surface area contributed by atoms with E-state index in [9.17, 15) is 9.59 Å². The summed E-state index contributed by atoms with van der Waals surface area (Å²) in [5.41, 5.74) is 3.19. The third kappa shape index (κ3) is 5.91. The molecule has 0 bridgehead atoms. The minimum atomic E-state index is -0.150. The van der Waals surface area contributed by atoms with Gasteiger partial charge in [-0.3, -0.25) is 14.5 Å². The summed E-state index contributed by atoms with van der Waals surface area (Å²) in [7, 11) is 0. The van der Waals surface area contributed by atoms with Crippen molar-refractivity contribution in [2.24, 2.45) is 0 Å². The Morgan fingerprint density at radius 3 is 2.43 bits per heavy atom. The van der Waals surface area contributed by atoms with Crippen LogP contribution in [0.4, 0.5) is 0 Å². The highest BCUT2D eigenvalue weighted by molar-refractivity contribution is 9.10. The number of aryl methyl sites for hydroxylation is 1. The number of hydrogen-bond donors (Lipinski definition) is 1. The van der Waals surface area contributed by atoms with Crippen molar-refractivity contribution in [3.8, 4) is 0 Å². The number of hydrogen-bond acceptors (Lipinski definition) is 3. The topological polar surface area (TPSA) is 52.6 Å². The zero-order chi connectivity index (χ0) is 19.9. The molecule has 2 aromatic carbocycles. The van der Waals surface area contributed by atoms with E-state index in [0.717, 1.165) is 37.2 Å². The molecular weight excluding hydrogens is 418 g/mol. The largest absolute Gasteiger partial charge is 0.352 e. The van der Waals surface area contributed by atoms with Crippen LogP contribution in [0.5, 0.6) is 0 Å². The van der Waals surface area contributed by atoms with Gasteiger partial charge < -0.3 is 10.2 Å². The van der Waals surface area contributed by atoms with Crippen LogP contribution in [0.2, 0.25) is 0 Å². The van der Waals surface area contributed by atoms with Crippen molar-refractivity contribution in [3.05, 3.63) is 69.7 Å². The molecule has 28 heavy (non-hydrogen) atoms. The summed E-state index contributed by atoms with van der Waals surface area (Å²) in [6.45, 7) is 6.63. The molecule has 1 heterocycles. The van der Waals surface area contributed by atoms with Gasteiger partial charge in [0.05, 0.1) is 0 Å². The zero-order valence-electron chi connectivity index (χ0n) is 16.2. The second-order valence-corrected chi connectivity index (χ2v) is 8.07. The lowest BCUT2D eigenvalue weighted by atomic mass is 10.1. The van der Waals surface area contributed by atoms with Crippen LogP contribution in [0.3, 0.4) is 0 Å². The molecule has 1 N–H and O–H groups in total. The van der Waals surface area contributed by atoms with Crippen LogP contribution in [0, 0.1) is 6.92 Å². The van der Waals surface area contributed by atoms with Crippen molar-refractivity contribution in [2.75, 3.05) is 32.7 Å². The van der Waals surface area contributed by atoms with Gasteiger partial charge in [0, 0.05) is 55.7 Å². The van der Waals surface area contributed by atoms with E-state index in [1.54, 1.807) is 12.1 Å². The van der Waals surface area contributed by atoms with Crippen molar-refractivity contribution in [1.29, 1.82) is 0 Å². The molecule has 0 aromatic heterocycles. The molecule has 1 aliphatic rings. The normalized spacial score (nSPS) is 14.7. The summed E-state index contributed by atoms with van der Waals surface area (Å²) < 4.78 is 0.931. The smallest absolute Gasteiger partial charge is 0.251 e. The lowest BCUT2D eigenvalue weighted by Crippen LogP contribution is -2.48. The maximum absolute atomic E-state index is 12.4. The summed E-state index contributed by atoms with van der Waals surface area (Å²) in [5, 5.41) is 2.82. The Balaban J connectivity index is 1.38. The standard InChI is InChI=1S/C22H26BrN3O2/c1-17-3-2-4-18(15-17)16-25-11-13-26(14-12-25)21(27)9-10-24-22(28)19-5-7-20(23)8-6-19/h2-8,15H,9-14,16H2,1H3,(H,24,28). The Morgan fingerprint density at radius 2 is 1.75 bits per heavy atom. The molecule has 5 nitrogen and oxygen atoms in total. The average Bonchev–Trinajstić information content (AvgIpc) is 2.69. The number of halogens is 1. The molecule has 2 amide bonds. The molecule has 0 aliphatic carbocycles. The lowest BCUT2D eigenvalue weighted by Gasteiger charge is -2.35. The van der Waals surface area contributed by atoms with E-state index in [-0.39, 0.29) is 11.8 Å². The first-order valence-corrected chi connectivity index (χ1v) is 10.4. The maximum Gasteiger partial charge on any atom is 0.251 e. The van der Waals surface area contributed by atoms with Crippen LogP contribution in [-0.2, 0) is 11.3 Å². The highest BCUT2D eigenvalue weighted by Gasteiger charge is 2.21. The quantitative estimate of drug-likeness (QED) is 0.745. The number of nitrogens with zero attached hydrogens (tertiary/aromatic N) is 2. The molecule has 0 atom stereocenters. The highest BCUT2D eigenvalue weighted by Crippen LogP contribution is 2.12. The van der Waals surface area contributed by atoms with Crippen LogP contribution in [-0.4, -0.2) is 54.3 Å². The van der Waals surface area contributed by atoms with E-state index in [1.165, 1.54) is 11.1 Å². The first kappa shape index (κ1) is 20.6. The van der Waals surface area contributed by atoms with Gasteiger partial charge in [0.25, 0.3) is 5.91 Å². The van der Waals surface area contributed by atoms with Crippen LogP contribution in [0.25, 0.3) is 0 Å². The summed E-state index contributed by atoms with van der Waals surface area (Å²) in [6.07, 6.45) is 0.333. The molecule has 0 radical (unpaired) electrons. The molecule has 6 heteroatoms. The fraction of sp³-hybridized carbons (Fsp3) is 0.364. The number of benzene rings is 2. The van der Waals surface area contributed by atoms with Gasteiger partial charge in [-0.15, -0.1) is 0 Å². The fourth-order valence-corrected chi connectivity index (χ4v) is 3.63. The van der Waals surface area contributed by atoms with E-state index in [1.807, 2.05) is 17.0 Å².